The van der Waals surface area contributed by atoms with Crippen LogP contribution in [0.25, 0.3) is 0 Å². The first-order chi connectivity index (χ1) is 16.5. The van der Waals surface area contributed by atoms with E-state index in [1.54, 1.807) is 37.4 Å². The van der Waals surface area contributed by atoms with Crippen LogP contribution in [-0.4, -0.2) is 71.2 Å². The van der Waals surface area contributed by atoms with Crippen molar-refractivity contribution in [3.05, 3.63) is 53.9 Å². The number of rotatable bonds is 11. The van der Waals surface area contributed by atoms with Crippen molar-refractivity contribution in [2.75, 3.05) is 19.7 Å². The van der Waals surface area contributed by atoms with Gasteiger partial charge in [-0.2, -0.15) is 5.06 Å². The van der Waals surface area contributed by atoms with E-state index in [0.717, 1.165) is 0 Å². The highest BCUT2D eigenvalue weighted by Gasteiger charge is 2.51. The number of carboxylic acid groups (broad SMARTS) is 1. The van der Waals surface area contributed by atoms with E-state index in [0.29, 0.717) is 23.6 Å². The van der Waals surface area contributed by atoms with Gasteiger partial charge in [0.05, 0.1) is 19.3 Å². The number of carbonyl (C=O) groups is 3. The Morgan fingerprint density at radius 3 is 2.71 bits per heavy atom. The first kappa shape index (κ1) is 24.8. The van der Waals surface area contributed by atoms with Crippen LogP contribution in [0.15, 0.2) is 52.1 Å². The predicted molar refractivity (Wildman–Crippen MR) is 117 cm³/mol. The van der Waals surface area contributed by atoms with Crippen molar-refractivity contribution in [2.24, 2.45) is 4.99 Å². The number of benzene rings is 1. The van der Waals surface area contributed by atoms with E-state index in [9.17, 15) is 19.5 Å². The fourth-order valence-electron chi connectivity index (χ4n) is 3.09. The number of nitrogens with zero attached hydrogens (tertiary/aromatic N) is 3. The van der Waals surface area contributed by atoms with Gasteiger partial charge in [0.25, 0.3) is 5.66 Å². The molecule has 0 spiro atoms. The lowest BCUT2D eigenvalue weighted by Crippen LogP contribution is -2.72. The molecule has 0 saturated carbocycles. The Morgan fingerprint density at radius 1 is 1.29 bits per heavy atom. The van der Waals surface area contributed by atoms with Gasteiger partial charge < -0.3 is 14.4 Å². The fourth-order valence-corrected chi connectivity index (χ4v) is 3.09. The molecule has 1 aromatic heterocycles. The highest BCUT2D eigenvalue weighted by Crippen LogP contribution is 2.19. The zero-order valence-electron chi connectivity index (χ0n) is 18.5. The lowest BCUT2D eigenvalue weighted by Gasteiger charge is -2.39. The molecule has 13 heteroatoms. The molecule has 0 radical (unpaired) electrons. The molecule has 1 aromatic carbocycles. The van der Waals surface area contributed by atoms with Crippen LogP contribution in [0.1, 0.15) is 29.5 Å². The maximum Gasteiger partial charge on any atom is 0.409 e. The summed E-state index contributed by atoms with van der Waals surface area (Å²) in [4.78, 5) is 48.0. The van der Waals surface area contributed by atoms with Crippen molar-refractivity contribution >= 4 is 24.2 Å². The molecule has 2 heterocycles. The molecule has 13 nitrogen and oxygen atoms in total. The molecule has 3 rings (SSSR count). The largest absolute Gasteiger partial charge is 0.478 e. The maximum atomic E-state index is 13.1. The molecule has 2 amide bonds. The number of aliphatic carboxylic acids is 1. The van der Waals surface area contributed by atoms with Crippen LogP contribution in [0.5, 0.6) is 0 Å². The van der Waals surface area contributed by atoms with E-state index >= 15 is 0 Å². The van der Waals surface area contributed by atoms with Crippen LogP contribution in [0.2, 0.25) is 0 Å². The molecule has 0 bridgehead atoms. The monoisotopic (exact) mass is 474 g/mol. The summed E-state index contributed by atoms with van der Waals surface area (Å²) in [6, 6.07) is 10.1. The number of aliphatic imine (C=N–C) groups is 1. The second-order valence-corrected chi connectivity index (χ2v) is 7.10. The molecule has 34 heavy (non-hydrogen) atoms. The highest BCUT2D eigenvalue weighted by molar-refractivity contribution is 5.96. The summed E-state index contributed by atoms with van der Waals surface area (Å²) in [5, 5.41) is 22.4. The summed E-state index contributed by atoms with van der Waals surface area (Å²) in [5.41, 5.74) is -1.74. The number of ether oxygens (including phenoxy) is 1. The average Bonchev–Trinajstić information content (AvgIpc) is 3.40. The van der Waals surface area contributed by atoms with Crippen molar-refractivity contribution in [2.45, 2.75) is 31.9 Å². The topological polar surface area (TPSA) is 168 Å². The predicted octanol–water partition coefficient (Wildman–Crippen LogP) is 0.713. The minimum atomic E-state index is -2.43. The maximum absolute atomic E-state index is 13.1. The molecular formula is C21H26N6O7. The minimum absolute atomic E-state index is 0.0878. The number of aromatic nitrogens is 1. The van der Waals surface area contributed by atoms with E-state index in [4.69, 9.17) is 14.1 Å². The third-order valence-electron chi connectivity index (χ3n) is 4.73. The normalized spacial score (nSPS) is 16.9. The van der Waals surface area contributed by atoms with Crippen molar-refractivity contribution in [1.29, 1.82) is 0 Å². The lowest BCUT2D eigenvalue weighted by molar-refractivity contribution is -0.206. The smallest absolute Gasteiger partial charge is 0.409 e. The van der Waals surface area contributed by atoms with Gasteiger partial charge in [-0.1, -0.05) is 35.5 Å². The minimum Gasteiger partial charge on any atom is -0.478 e. The summed E-state index contributed by atoms with van der Waals surface area (Å²) in [5.74, 6) is -2.84. The van der Waals surface area contributed by atoms with Crippen molar-refractivity contribution in [3.8, 4) is 0 Å². The fraction of sp³-hybridized carbons (Fsp3) is 0.381. The molecule has 1 aliphatic rings. The second-order valence-electron chi connectivity index (χ2n) is 7.10. The van der Waals surface area contributed by atoms with Crippen molar-refractivity contribution in [3.63, 3.8) is 0 Å². The van der Waals surface area contributed by atoms with E-state index in [1.165, 1.54) is 12.3 Å². The summed E-state index contributed by atoms with van der Waals surface area (Å²) in [6.45, 7) is 1.48. The van der Waals surface area contributed by atoms with Crippen LogP contribution in [0, 0.1) is 0 Å². The summed E-state index contributed by atoms with van der Waals surface area (Å²) in [7, 11) is 0. The zero-order chi connectivity index (χ0) is 24.4. The quantitative estimate of drug-likeness (QED) is 0.269. The molecule has 4 N–H and O–H groups in total. The number of nitrogens with one attached hydrogen (secondary N) is 3. The number of hydrogen-bond donors (Lipinski definition) is 4. The molecule has 0 aliphatic carbocycles. The Labute approximate surface area is 195 Å². The molecule has 0 saturated heterocycles. The van der Waals surface area contributed by atoms with Gasteiger partial charge in [-0.15, -0.1) is 0 Å². The molecular weight excluding hydrogens is 448 g/mol. The van der Waals surface area contributed by atoms with Crippen molar-refractivity contribution < 1.29 is 33.6 Å². The molecule has 182 valence electrons. The summed E-state index contributed by atoms with van der Waals surface area (Å²) in [6.07, 6.45) is 1.89. The number of hydrogen-bond acceptors (Lipinski definition) is 10. The molecule has 2 atom stereocenters. The Hall–Kier alpha value is -3.81. The van der Waals surface area contributed by atoms with Gasteiger partial charge in [0.2, 0.25) is 5.76 Å². The van der Waals surface area contributed by atoms with Crippen LogP contribution < -0.4 is 16.0 Å². The number of alkyl carbamates (subject to hydrolysis) is 1. The van der Waals surface area contributed by atoms with Crippen molar-refractivity contribution in [1.82, 2.24) is 26.2 Å². The van der Waals surface area contributed by atoms with Gasteiger partial charge in [-0.3, -0.25) is 30.6 Å². The first-order valence-corrected chi connectivity index (χ1v) is 10.5. The van der Waals surface area contributed by atoms with E-state index in [2.05, 4.69) is 26.1 Å². The Kier molecular flexibility index (Phi) is 8.67. The Balaban J connectivity index is 1.88. The second kappa shape index (κ2) is 11.9. The number of carboxylic acids is 1. The van der Waals surface area contributed by atoms with Gasteiger partial charge in [0.15, 0.2) is 6.29 Å². The highest BCUT2D eigenvalue weighted by atomic mass is 16.7. The van der Waals surface area contributed by atoms with Gasteiger partial charge >= 0.3 is 18.0 Å². The molecule has 2 unspecified atom stereocenters. The van der Waals surface area contributed by atoms with Gasteiger partial charge in [-0.05, 0) is 18.9 Å². The molecule has 2 aromatic rings. The van der Waals surface area contributed by atoms with E-state index < -0.39 is 36.5 Å². The van der Waals surface area contributed by atoms with E-state index in [-0.39, 0.29) is 19.0 Å². The van der Waals surface area contributed by atoms with Crippen LogP contribution in [0.3, 0.4) is 0 Å². The zero-order valence-corrected chi connectivity index (χ0v) is 18.5. The van der Waals surface area contributed by atoms with Crippen LogP contribution in [-0.2, 0) is 21.0 Å². The van der Waals surface area contributed by atoms with Gasteiger partial charge in [0.1, 0.15) is 6.61 Å². The Morgan fingerprint density at radius 2 is 2.09 bits per heavy atom. The lowest BCUT2D eigenvalue weighted by atomic mass is 10.1. The molecule has 1 aliphatic heterocycles. The van der Waals surface area contributed by atoms with E-state index in [1.807, 2.05) is 6.07 Å². The number of hydroxylamine groups is 2. The van der Waals surface area contributed by atoms with Crippen LogP contribution in [0.4, 0.5) is 4.79 Å². The molecule has 0 fully saturated rings. The Bertz CT molecular complexity index is 985. The number of carbonyl (C=O) groups excluding carboxylic acids is 2. The van der Waals surface area contributed by atoms with Gasteiger partial charge in [0, 0.05) is 18.8 Å². The standard InChI is InChI=1S/C21H26N6O7/c1-2-33-27(17(28)16-9-12-25-34-16)21(18(29)30,14-24-19-22-10-6-11-23-19)26-20(31)32-13-15-7-4-3-5-8-15/h3-5,7-10,12,19,23-24H,2,6,11,13-14H2,1H3,(H,26,31)(H,29,30). The first-order valence-electron chi connectivity index (χ1n) is 10.5. The summed E-state index contributed by atoms with van der Waals surface area (Å²) < 4.78 is 10.1. The van der Waals surface area contributed by atoms with Gasteiger partial charge in [-0.25, -0.2) is 9.59 Å². The third kappa shape index (κ3) is 6.15. The SMILES string of the molecule is CCON(C(=O)c1ccno1)C(CNC1N=CCCN1)(NC(=O)OCc1ccccc1)C(=O)O. The van der Waals surface area contributed by atoms with Crippen LogP contribution >= 0.6 is 0 Å². The number of amides is 2. The third-order valence-corrected chi connectivity index (χ3v) is 4.73. The average molecular weight is 474 g/mol. The summed E-state index contributed by atoms with van der Waals surface area (Å²) >= 11 is 0.